The molecule has 0 radical (unpaired) electrons. The number of ether oxygens (including phenoxy) is 2. The van der Waals surface area contributed by atoms with Crippen molar-refractivity contribution in [1.82, 2.24) is 4.31 Å². The molecule has 0 unspecified atom stereocenters. The highest BCUT2D eigenvalue weighted by Gasteiger charge is 2.25. The van der Waals surface area contributed by atoms with Crippen LogP contribution in [0.1, 0.15) is 16.7 Å². The van der Waals surface area contributed by atoms with Crippen LogP contribution in [0.15, 0.2) is 53.4 Å². The Morgan fingerprint density at radius 3 is 2.31 bits per heavy atom. The van der Waals surface area contributed by atoms with Crippen LogP contribution in [-0.2, 0) is 29.1 Å². The number of carbonyl (C=O) groups excluding carboxylic acids is 2. The van der Waals surface area contributed by atoms with E-state index < -0.39 is 28.5 Å². The second kappa shape index (κ2) is 10.5. The lowest BCUT2D eigenvalue weighted by Crippen LogP contribution is -2.40. The predicted molar refractivity (Wildman–Crippen MR) is 121 cm³/mol. The summed E-state index contributed by atoms with van der Waals surface area (Å²) >= 11 is 0. The van der Waals surface area contributed by atoms with Gasteiger partial charge in [0.2, 0.25) is 10.0 Å². The normalized spacial score (nSPS) is 14.9. The molecule has 3 rings (SSSR count). The van der Waals surface area contributed by atoms with Gasteiger partial charge in [0.1, 0.15) is 0 Å². The van der Waals surface area contributed by atoms with Crippen LogP contribution in [0, 0.1) is 13.8 Å². The molecule has 1 fully saturated rings. The first kappa shape index (κ1) is 23.6. The van der Waals surface area contributed by atoms with Crippen molar-refractivity contribution in [2.75, 3.05) is 38.2 Å². The van der Waals surface area contributed by atoms with E-state index in [0.717, 1.165) is 11.1 Å². The van der Waals surface area contributed by atoms with E-state index in [1.165, 1.54) is 28.6 Å². The third kappa shape index (κ3) is 6.03. The topological polar surface area (TPSA) is 102 Å². The van der Waals surface area contributed by atoms with Crippen LogP contribution in [0.5, 0.6) is 0 Å². The summed E-state index contributed by atoms with van der Waals surface area (Å²) in [5.41, 5.74) is 3.17. The van der Waals surface area contributed by atoms with Crippen LogP contribution in [-0.4, -0.2) is 57.5 Å². The molecule has 8 nitrogen and oxygen atoms in total. The van der Waals surface area contributed by atoms with Crippen molar-refractivity contribution >= 4 is 33.7 Å². The molecule has 2 aromatic carbocycles. The minimum atomic E-state index is -3.57. The van der Waals surface area contributed by atoms with E-state index in [1.807, 2.05) is 32.0 Å². The number of esters is 1. The molecule has 0 aliphatic carbocycles. The number of amides is 1. The van der Waals surface area contributed by atoms with E-state index in [9.17, 15) is 18.0 Å². The SMILES string of the molecule is Cc1cccc(C)c1NC(=O)COC(=O)C=Cc1ccc(S(=O)(=O)N2CCOCC2)cc1. The minimum Gasteiger partial charge on any atom is -0.452 e. The maximum Gasteiger partial charge on any atom is 0.331 e. The number of anilines is 1. The second-order valence-electron chi connectivity index (χ2n) is 7.34. The molecule has 0 aromatic heterocycles. The highest BCUT2D eigenvalue weighted by Crippen LogP contribution is 2.20. The number of aryl methyl sites for hydroxylation is 2. The summed E-state index contributed by atoms with van der Waals surface area (Å²) in [4.78, 5) is 24.2. The molecule has 2 aromatic rings. The number of para-hydroxylation sites is 1. The maximum absolute atomic E-state index is 12.6. The van der Waals surface area contributed by atoms with Crippen LogP contribution < -0.4 is 5.32 Å². The number of carbonyl (C=O) groups is 2. The van der Waals surface area contributed by atoms with Crippen LogP contribution >= 0.6 is 0 Å². The van der Waals surface area contributed by atoms with Gasteiger partial charge in [0.05, 0.1) is 18.1 Å². The maximum atomic E-state index is 12.6. The fourth-order valence-electron chi connectivity index (χ4n) is 3.22. The Bertz CT molecular complexity index is 1080. The number of morpholine rings is 1. The molecule has 0 bridgehead atoms. The van der Waals surface area contributed by atoms with Gasteiger partial charge in [-0.15, -0.1) is 0 Å². The summed E-state index contributed by atoms with van der Waals surface area (Å²) in [6.45, 7) is 4.77. The Kier molecular flexibility index (Phi) is 7.79. The summed E-state index contributed by atoms with van der Waals surface area (Å²) in [7, 11) is -3.57. The third-order valence-corrected chi connectivity index (χ3v) is 6.90. The lowest BCUT2D eigenvalue weighted by atomic mass is 10.1. The van der Waals surface area contributed by atoms with Crippen molar-refractivity contribution in [2.45, 2.75) is 18.7 Å². The van der Waals surface area contributed by atoms with Crippen molar-refractivity contribution in [2.24, 2.45) is 0 Å². The fraction of sp³-hybridized carbons (Fsp3) is 0.304. The molecule has 9 heteroatoms. The van der Waals surface area contributed by atoms with Crippen molar-refractivity contribution in [3.8, 4) is 0 Å². The van der Waals surface area contributed by atoms with Gasteiger partial charge in [-0.2, -0.15) is 4.31 Å². The highest BCUT2D eigenvalue weighted by atomic mass is 32.2. The van der Waals surface area contributed by atoms with Crippen LogP contribution in [0.25, 0.3) is 6.08 Å². The zero-order valence-electron chi connectivity index (χ0n) is 18.0. The minimum absolute atomic E-state index is 0.183. The monoisotopic (exact) mass is 458 g/mol. The van der Waals surface area contributed by atoms with Gasteiger partial charge in [-0.3, -0.25) is 4.79 Å². The largest absolute Gasteiger partial charge is 0.452 e. The molecule has 1 heterocycles. The first-order valence-electron chi connectivity index (χ1n) is 10.2. The number of rotatable bonds is 7. The zero-order chi connectivity index (χ0) is 23.1. The highest BCUT2D eigenvalue weighted by molar-refractivity contribution is 7.89. The lowest BCUT2D eigenvalue weighted by molar-refractivity contribution is -0.142. The van der Waals surface area contributed by atoms with E-state index in [0.29, 0.717) is 37.6 Å². The molecule has 1 aliphatic heterocycles. The molecule has 170 valence electrons. The Balaban J connectivity index is 1.52. The van der Waals surface area contributed by atoms with Crippen molar-refractivity contribution in [3.05, 3.63) is 65.2 Å². The number of hydrogen-bond donors (Lipinski definition) is 1. The molecular formula is C23H26N2O6S. The lowest BCUT2D eigenvalue weighted by Gasteiger charge is -2.26. The number of benzene rings is 2. The molecule has 1 saturated heterocycles. The van der Waals surface area contributed by atoms with Gasteiger partial charge < -0.3 is 14.8 Å². The van der Waals surface area contributed by atoms with Gasteiger partial charge in [0, 0.05) is 24.9 Å². The van der Waals surface area contributed by atoms with Crippen LogP contribution in [0.3, 0.4) is 0 Å². The van der Waals surface area contributed by atoms with Crippen molar-refractivity contribution < 1.29 is 27.5 Å². The molecule has 0 spiro atoms. The number of nitrogens with zero attached hydrogens (tertiary/aromatic N) is 1. The Morgan fingerprint density at radius 1 is 1.06 bits per heavy atom. The molecule has 1 N–H and O–H groups in total. The molecule has 1 amide bonds. The van der Waals surface area contributed by atoms with E-state index in [4.69, 9.17) is 9.47 Å². The fourth-order valence-corrected chi connectivity index (χ4v) is 4.63. The average molecular weight is 459 g/mol. The van der Waals surface area contributed by atoms with E-state index in [-0.39, 0.29) is 4.90 Å². The first-order valence-corrected chi connectivity index (χ1v) is 11.6. The summed E-state index contributed by atoms with van der Waals surface area (Å²) in [6.07, 6.45) is 2.69. The first-order chi connectivity index (χ1) is 15.3. The quantitative estimate of drug-likeness (QED) is 0.505. The summed E-state index contributed by atoms with van der Waals surface area (Å²) in [6, 6.07) is 11.9. The molecule has 1 aliphatic rings. The summed E-state index contributed by atoms with van der Waals surface area (Å²) in [5.74, 6) is -1.10. The Hall–Kier alpha value is -3.01. The molecular weight excluding hydrogens is 432 g/mol. The Labute approximate surface area is 187 Å². The van der Waals surface area contributed by atoms with Gasteiger partial charge in [-0.25, -0.2) is 13.2 Å². The third-order valence-electron chi connectivity index (χ3n) is 4.99. The number of hydrogen-bond acceptors (Lipinski definition) is 6. The van der Waals surface area contributed by atoms with E-state index >= 15 is 0 Å². The molecule has 0 saturated carbocycles. The van der Waals surface area contributed by atoms with E-state index in [1.54, 1.807) is 12.1 Å². The number of sulfonamides is 1. The van der Waals surface area contributed by atoms with Crippen LogP contribution in [0.4, 0.5) is 5.69 Å². The standard InChI is InChI=1S/C23H26N2O6S/c1-17-4-3-5-18(2)23(17)24-21(26)16-31-22(27)11-8-19-6-9-20(10-7-19)32(28,29)25-12-14-30-15-13-25/h3-11H,12-16H2,1-2H3,(H,24,26). The van der Waals surface area contributed by atoms with Gasteiger partial charge >= 0.3 is 5.97 Å². The van der Waals surface area contributed by atoms with Crippen molar-refractivity contribution in [1.29, 1.82) is 0 Å². The number of nitrogens with one attached hydrogen (secondary N) is 1. The average Bonchev–Trinajstić information content (AvgIpc) is 2.79. The van der Waals surface area contributed by atoms with Gasteiger partial charge in [0.25, 0.3) is 5.91 Å². The predicted octanol–water partition coefficient (Wildman–Crippen LogP) is 2.52. The molecule has 0 atom stereocenters. The van der Waals surface area contributed by atoms with Gasteiger partial charge in [0.15, 0.2) is 6.61 Å². The zero-order valence-corrected chi connectivity index (χ0v) is 18.9. The van der Waals surface area contributed by atoms with Gasteiger partial charge in [-0.05, 0) is 48.7 Å². The summed E-state index contributed by atoms with van der Waals surface area (Å²) in [5, 5.41) is 2.75. The van der Waals surface area contributed by atoms with Crippen LogP contribution in [0.2, 0.25) is 0 Å². The van der Waals surface area contributed by atoms with E-state index in [2.05, 4.69) is 5.32 Å². The Morgan fingerprint density at radius 2 is 1.69 bits per heavy atom. The second-order valence-corrected chi connectivity index (χ2v) is 9.28. The van der Waals surface area contributed by atoms with Gasteiger partial charge in [-0.1, -0.05) is 30.3 Å². The van der Waals surface area contributed by atoms with Crippen molar-refractivity contribution in [3.63, 3.8) is 0 Å². The summed E-state index contributed by atoms with van der Waals surface area (Å²) < 4.78 is 36.8. The molecule has 32 heavy (non-hydrogen) atoms. The smallest absolute Gasteiger partial charge is 0.331 e.